The lowest BCUT2D eigenvalue weighted by Crippen LogP contribution is -3.11. The number of hydrogen-bond acceptors (Lipinski definition) is 3. The van der Waals surface area contributed by atoms with Crippen molar-refractivity contribution in [2.75, 3.05) is 18.0 Å². The van der Waals surface area contributed by atoms with E-state index in [4.69, 9.17) is 0 Å². The Morgan fingerprint density at radius 3 is 2.67 bits per heavy atom. The van der Waals surface area contributed by atoms with E-state index in [1.54, 1.807) is 0 Å². The van der Waals surface area contributed by atoms with Crippen molar-refractivity contribution in [2.24, 2.45) is 5.92 Å². The fourth-order valence-corrected chi connectivity index (χ4v) is 4.22. The number of amides is 1. The minimum absolute atomic E-state index is 0.178. The highest BCUT2D eigenvalue weighted by molar-refractivity contribution is 7.14. The Hall–Kier alpha value is -1.93. The first kappa shape index (κ1) is 19.8. The lowest BCUT2D eigenvalue weighted by atomic mass is 9.99. The third-order valence-electron chi connectivity index (χ3n) is 4.89. The number of nitrogens with zero attached hydrogens (tertiary/aromatic N) is 2. The fraction of sp³-hybridized carbons (Fsp3) is 0.474. The molecule has 1 amide bonds. The highest BCUT2D eigenvalue weighted by Crippen LogP contribution is 2.34. The molecule has 8 heteroatoms. The second-order valence-corrected chi connectivity index (χ2v) is 7.97. The highest BCUT2D eigenvalue weighted by atomic mass is 32.1. The van der Waals surface area contributed by atoms with Gasteiger partial charge in [0.15, 0.2) is 5.13 Å². The van der Waals surface area contributed by atoms with Crippen molar-refractivity contribution >= 4 is 28.1 Å². The van der Waals surface area contributed by atoms with E-state index in [2.05, 4.69) is 11.9 Å². The molecule has 4 nitrogen and oxygen atoms in total. The van der Waals surface area contributed by atoms with Crippen molar-refractivity contribution in [3.05, 3.63) is 40.9 Å². The molecular formula is C19H23F3N3OS+. The number of likely N-dealkylation sites (tertiary alicyclic amines) is 1. The monoisotopic (exact) mass is 398 g/mol. The summed E-state index contributed by atoms with van der Waals surface area (Å²) < 4.78 is 39.0. The van der Waals surface area contributed by atoms with Crippen molar-refractivity contribution in [1.82, 2.24) is 4.98 Å². The van der Waals surface area contributed by atoms with Crippen molar-refractivity contribution in [1.29, 1.82) is 0 Å². The molecule has 0 saturated carbocycles. The topological polar surface area (TPSA) is 37.6 Å². The van der Waals surface area contributed by atoms with E-state index in [1.165, 1.54) is 53.0 Å². The first-order chi connectivity index (χ1) is 12.7. The third-order valence-corrected chi connectivity index (χ3v) is 5.76. The average Bonchev–Trinajstić information content (AvgIpc) is 3.04. The average molecular weight is 398 g/mol. The van der Waals surface area contributed by atoms with Crippen LogP contribution < -0.4 is 9.80 Å². The van der Waals surface area contributed by atoms with Crippen LogP contribution in [0.4, 0.5) is 24.0 Å². The number of benzene rings is 1. The number of aromatic nitrogens is 1. The molecule has 1 aromatic carbocycles. The largest absolute Gasteiger partial charge is 0.416 e. The predicted molar refractivity (Wildman–Crippen MR) is 99.2 cm³/mol. The maximum Gasteiger partial charge on any atom is 0.416 e. The van der Waals surface area contributed by atoms with E-state index in [9.17, 15) is 18.0 Å². The van der Waals surface area contributed by atoms with Crippen molar-refractivity contribution < 1.29 is 22.9 Å². The van der Waals surface area contributed by atoms with E-state index < -0.39 is 11.7 Å². The maximum absolute atomic E-state index is 13.0. The molecule has 1 aliphatic heterocycles. The van der Waals surface area contributed by atoms with Crippen molar-refractivity contribution in [3.8, 4) is 0 Å². The summed E-state index contributed by atoms with van der Waals surface area (Å²) in [7, 11) is 0. The highest BCUT2D eigenvalue weighted by Gasteiger charge is 2.31. The molecule has 2 aromatic rings. The zero-order valence-corrected chi connectivity index (χ0v) is 16.2. The van der Waals surface area contributed by atoms with Gasteiger partial charge >= 0.3 is 6.18 Å². The quantitative estimate of drug-likeness (QED) is 0.854. The third kappa shape index (κ3) is 4.87. The van der Waals surface area contributed by atoms with Crippen LogP contribution in [-0.4, -0.2) is 24.0 Å². The van der Waals surface area contributed by atoms with Gasteiger partial charge in [0.05, 0.1) is 24.3 Å². The number of quaternary nitrogens is 1. The number of thiazole rings is 1. The van der Waals surface area contributed by atoms with Gasteiger partial charge in [-0.1, -0.05) is 13.0 Å². The molecule has 0 bridgehead atoms. The molecule has 0 spiro atoms. The summed E-state index contributed by atoms with van der Waals surface area (Å²) in [5, 5.41) is 2.30. The molecule has 1 aliphatic rings. The lowest BCUT2D eigenvalue weighted by molar-refractivity contribution is -0.920. The van der Waals surface area contributed by atoms with E-state index in [0.29, 0.717) is 5.13 Å². The van der Waals surface area contributed by atoms with Crippen LogP contribution in [0, 0.1) is 5.92 Å². The van der Waals surface area contributed by atoms with E-state index in [1.807, 2.05) is 5.38 Å². The molecule has 1 aromatic heterocycles. The molecule has 0 unspecified atom stereocenters. The lowest BCUT2D eigenvalue weighted by Gasteiger charge is -2.26. The first-order valence-electron chi connectivity index (χ1n) is 9.00. The Kier molecular flexibility index (Phi) is 5.86. The number of anilines is 2. The molecule has 2 heterocycles. The summed E-state index contributed by atoms with van der Waals surface area (Å²) in [5.74, 6) is 0.392. The second kappa shape index (κ2) is 7.98. The van der Waals surface area contributed by atoms with Crippen molar-refractivity contribution in [3.63, 3.8) is 0 Å². The molecule has 1 saturated heterocycles. The predicted octanol–water partition coefficient (Wildman–Crippen LogP) is 3.66. The van der Waals surface area contributed by atoms with E-state index >= 15 is 0 Å². The molecule has 3 rings (SSSR count). The smallest absolute Gasteiger partial charge is 0.330 e. The number of carbonyl (C=O) groups excluding carboxylic acids is 1. The second-order valence-electron chi connectivity index (χ2n) is 7.13. The Balaban J connectivity index is 1.80. The molecule has 1 N–H and O–H groups in total. The van der Waals surface area contributed by atoms with E-state index in [0.717, 1.165) is 43.4 Å². The number of rotatable bonds is 4. The molecule has 27 heavy (non-hydrogen) atoms. The minimum Gasteiger partial charge on any atom is -0.330 e. The summed E-state index contributed by atoms with van der Waals surface area (Å²) >= 11 is 1.28. The summed E-state index contributed by atoms with van der Waals surface area (Å²) in [6.45, 7) is 6.56. The van der Waals surface area contributed by atoms with Gasteiger partial charge in [-0.15, -0.1) is 11.3 Å². The number of piperidine rings is 1. The number of alkyl halides is 3. The van der Waals surface area contributed by atoms with E-state index in [-0.39, 0.29) is 11.6 Å². The fourth-order valence-electron chi connectivity index (χ4n) is 3.33. The SMILES string of the molecule is CC(=O)N(c1cccc(C(F)(F)F)c1)c1nc(C[NH+]2CCC(C)CC2)cs1. The van der Waals surface area contributed by atoms with Gasteiger partial charge in [-0.05, 0) is 37.0 Å². The van der Waals surface area contributed by atoms with Gasteiger partial charge in [-0.25, -0.2) is 4.98 Å². The minimum atomic E-state index is -4.46. The maximum atomic E-state index is 13.0. The standard InChI is InChI=1S/C19H22F3N3OS/c1-13-6-8-24(9-7-13)11-16-12-27-18(23-16)25(14(2)26)17-5-3-4-15(10-17)19(20,21)22/h3-5,10,12-13H,6-9,11H2,1-2H3/p+1. The van der Waals surface area contributed by atoms with Crippen LogP contribution in [-0.2, 0) is 17.5 Å². The Bertz CT molecular complexity index is 797. The Labute approximate surface area is 160 Å². The van der Waals surface area contributed by atoms with Crippen molar-refractivity contribution in [2.45, 2.75) is 39.4 Å². The number of hydrogen-bond donors (Lipinski definition) is 1. The Morgan fingerprint density at radius 2 is 2.04 bits per heavy atom. The molecule has 0 atom stereocenters. The van der Waals surface area contributed by atoms with Gasteiger partial charge in [0.2, 0.25) is 5.91 Å². The Morgan fingerprint density at radius 1 is 1.33 bits per heavy atom. The van der Waals surface area contributed by atoms with Crippen LogP contribution >= 0.6 is 11.3 Å². The van der Waals surface area contributed by atoms with Gasteiger partial charge in [-0.2, -0.15) is 13.2 Å². The van der Waals surface area contributed by atoms with Crippen LogP contribution in [0.3, 0.4) is 0 Å². The van der Waals surface area contributed by atoms with Crippen LogP contribution in [0.25, 0.3) is 0 Å². The first-order valence-corrected chi connectivity index (χ1v) is 9.88. The zero-order valence-electron chi connectivity index (χ0n) is 15.3. The number of carbonyl (C=O) groups is 1. The summed E-state index contributed by atoms with van der Waals surface area (Å²) in [5.41, 5.74) is 0.269. The molecule has 0 radical (unpaired) electrons. The molecule has 0 aliphatic carbocycles. The molecule has 1 fully saturated rings. The van der Waals surface area contributed by atoms with Gasteiger partial charge in [0, 0.05) is 12.3 Å². The zero-order chi connectivity index (χ0) is 19.6. The normalized spacial score (nSPS) is 20.5. The molecular weight excluding hydrogens is 375 g/mol. The van der Waals surface area contributed by atoms with Crippen LogP contribution in [0.15, 0.2) is 29.6 Å². The van der Waals surface area contributed by atoms with Gasteiger partial charge < -0.3 is 4.90 Å². The van der Waals surface area contributed by atoms with Gasteiger partial charge in [0.1, 0.15) is 12.2 Å². The van der Waals surface area contributed by atoms with Crippen LogP contribution in [0.2, 0.25) is 0 Å². The summed E-state index contributed by atoms with van der Waals surface area (Å²) in [4.78, 5) is 19.4. The van der Waals surface area contributed by atoms with Gasteiger partial charge in [-0.3, -0.25) is 9.69 Å². The molecule has 146 valence electrons. The summed E-state index contributed by atoms with van der Waals surface area (Å²) in [6, 6.07) is 4.78. The van der Waals surface area contributed by atoms with Crippen LogP contribution in [0.1, 0.15) is 37.9 Å². The summed E-state index contributed by atoms with van der Waals surface area (Å²) in [6.07, 6.45) is -2.08. The van der Waals surface area contributed by atoms with Crippen LogP contribution in [0.5, 0.6) is 0 Å². The number of nitrogens with one attached hydrogen (secondary N) is 1. The number of halogens is 3. The van der Waals surface area contributed by atoms with Gasteiger partial charge in [0.25, 0.3) is 0 Å².